The molecule has 4 atom stereocenters. The van der Waals surface area contributed by atoms with Crippen LogP contribution in [0.3, 0.4) is 0 Å². The van der Waals surface area contributed by atoms with Gasteiger partial charge in [0.2, 0.25) is 0 Å². The van der Waals surface area contributed by atoms with Gasteiger partial charge in [-0.25, -0.2) is 0 Å². The third-order valence-corrected chi connectivity index (χ3v) is 4.67. The van der Waals surface area contributed by atoms with E-state index in [0.717, 1.165) is 11.3 Å². The van der Waals surface area contributed by atoms with Crippen molar-refractivity contribution in [3.8, 4) is 0 Å². The third kappa shape index (κ3) is 3.31. The summed E-state index contributed by atoms with van der Waals surface area (Å²) in [5, 5.41) is 3.46. The molecule has 0 aromatic heterocycles. The summed E-state index contributed by atoms with van der Waals surface area (Å²) in [5.74, 6) is -2.28. The van der Waals surface area contributed by atoms with E-state index in [1.165, 1.54) is 0 Å². The van der Waals surface area contributed by atoms with E-state index >= 15 is 0 Å². The highest BCUT2D eigenvalue weighted by Crippen LogP contribution is 2.43. The fraction of sp³-hybridized carbons (Fsp3) is 0.400. The van der Waals surface area contributed by atoms with Gasteiger partial charge in [-0.3, -0.25) is 9.59 Å². The van der Waals surface area contributed by atoms with Crippen LogP contribution in [0.1, 0.15) is 25.3 Å². The molecule has 5 nitrogen and oxygen atoms in total. The van der Waals surface area contributed by atoms with Gasteiger partial charge in [-0.05, 0) is 25.5 Å². The Morgan fingerprint density at radius 1 is 1.00 bits per heavy atom. The molecule has 3 rings (SSSR count). The highest BCUT2D eigenvalue weighted by Gasteiger charge is 2.47. The summed E-state index contributed by atoms with van der Waals surface area (Å²) in [7, 11) is 0. The van der Waals surface area contributed by atoms with Crippen LogP contribution in [0.2, 0.25) is 0 Å². The van der Waals surface area contributed by atoms with Crippen molar-refractivity contribution in [1.29, 1.82) is 0 Å². The minimum Gasteiger partial charge on any atom is -0.466 e. The summed E-state index contributed by atoms with van der Waals surface area (Å²) in [5.41, 5.74) is 1.62. The molecule has 0 spiro atoms. The minimum absolute atomic E-state index is 0.0833. The van der Waals surface area contributed by atoms with E-state index in [0.29, 0.717) is 0 Å². The van der Waals surface area contributed by atoms with Crippen LogP contribution in [0.5, 0.6) is 0 Å². The number of fused-ring (bicyclic) bond motifs is 2. The maximum atomic E-state index is 12.8. The summed E-state index contributed by atoms with van der Waals surface area (Å²) < 4.78 is 10.6. The number of rotatable bonds is 4. The molecule has 4 unspecified atom stereocenters. The van der Waals surface area contributed by atoms with Crippen molar-refractivity contribution >= 4 is 17.6 Å². The highest BCUT2D eigenvalue weighted by molar-refractivity contribution is 5.89. The summed E-state index contributed by atoms with van der Waals surface area (Å²) in [6.45, 7) is 4.08. The fourth-order valence-corrected chi connectivity index (χ4v) is 3.64. The third-order valence-electron chi connectivity index (χ3n) is 4.67. The number of esters is 2. The lowest BCUT2D eigenvalue weighted by Crippen LogP contribution is -2.40. The topological polar surface area (TPSA) is 64.6 Å². The molecule has 1 aliphatic carbocycles. The summed E-state index contributed by atoms with van der Waals surface area (Å²) in [6.07, 6.45) is 7.84. The second kappa shape index (κ2) is 7.55. The zero-order valence-electron chi connectivity index (χ0n) is 14.5. The Labute approximate surface area is 147 Å². The van der Waals surface area contributed by atoms with E-state index in [-0.39, 0.29) is 31.1 Å². The second-order valence-corrected chi connectivity index (χ2v) is 6.11. The van der Waals surface area contributed by atoms with Crippen LogP contribution >= 0.6 is 0 Å². The van der Waals surface area contributed by atoms with E-state index in [2.05, 4.69) is 5.32 Å². The van der Waals surface area contributed by atoms with Gasteiger partial charge >= 0.3 is 11.9 Å². The van der Waals surface area contributed by atoms with Crippen molar-refractivity contribution in [2.45, 2.75) is 25.8 Å². The van der Waals surface area contributed by atoms with Gasteiger partial charge < -0.3 is 14.8 Å². The number of benzene rings is 1. The number of carbonyl (C=O) groups excluding carboxylic acids is 2. The normalized spacial score (nSPS) is 26.6. The predicted molar refractivity (Wildman–Crippen MR) is 95.1 cm³/mol. The highest BCUT2D eigenvalue weighted by atomic mass is 16.5. The number of hydrogen-bond acceptors (Lipinski definition) is 5. The Morgan fingerprint density at radius 3 is 2.44 bits per heavy atom. The lowest BCUT2D eigenvalue weighted by molar-refractivity contribution is -0.158. The van der Waals surface area contributed by atoms with Crippen molar-refractivity contribution in [3.05, 3.63) is 54.1 Å². The van der Waals surface area contributed by atoms with Crippen LogP contribution < -0.4 is 5.32 Å². The van der Waals surface area contributed by atoms with Crippen LogP contribution in [0.4, 0.5) is 5.69 Å². The molecule has 25 heavy (non-hydrogen) atoms. The Morgan fingerprint density at radius 2 is 1.68 bits per heavy atom. The minimum atomic E-state index is -0.700. The van der Waals surface area contributed by atoms with Gasteiger partial charge in [-0.2, -0.15) is 0 Å². The first-order valence-corrected chi connectivity index (χ1v) is 8.71. The second-order valence-electron chi connectivity index (χ2n) is 6.11. The fourth-order valence-electron chi connectivity index (χ4n) is 3.64. The average Bonchev–Trinajstić information content (AvgIpc) is 2.76. The first-order chi connectivity index (χ1) is 12.2. The molecule has 1 heterocycles. The van der Waals surface area contributed by atoms with Crippen LogP contribution in [-0.4, -0.2) is 31.2 Å². The molecule has 0 bridgehead atoms. The molecule has 0 saturated heterocycles. The maximum absolute atomic E-state index is 12.8. The maximum Gasteiger partial charge on any atom is 0.314 e. The van der Waals surface area contributed by atoms with Crippen molar-refractivity contribution in [1.82, 2.24) is 0 Å². The number of hydrogen-bond donors (Lipinski definition) is 1. The van der Waals surface area contributed by atoms with Crippen molar-refractivity contribution < 1.29 is 19.1 Å². The lowest BCUT2D eigenvalue weighted by atomic mass is 9.74. The standard InChI is InChI=1S/C20H23NO4/c1-3-24-19(22)17-13-9-5-7-11-15(13)21-16-12-8-6-10-14(16)18(17)20(23)25-4-2/h5-13,15,17-18,21H,3-4H2,1-2H3. The average molecular weight is 341 g/mol. The first kappa shape index (κ1) is 17.3. The molecular weight excluding hydrogens is 318 g/mol. The molecule has 0 radical (unpaired) electrons. The summed E-state index contributed by atoms with van der Waals surface area (Å²) >= 11 is 0. The predicted octanol–water partition coefficient (Wildman–Crippen LogP) is 3.05. The zero-order valence-corrected chi connectivity index (χ0v) is 14.5. The molecule has 2 aliphatic rings. The Kier molecular flexibility index (Phi) is 5.22. The first-order valence-electron chi connectivity index (χ1n) is 8.71. The monoisotopic (exact) mass is 341 g/mol. The van der Waals surface area contributed by atoms with E-state index < -0.39 is 17.8 Å². The van der Waals surface area contributed by atoms with Gasteiger partial charge in [0.05, 0.1) is 31.1 Å². The number of anilines is 1. The van der Waals surface area contributed by atoms with E-state index in [1.54, 1.807) is 13.8 Å². The quantitative estimate of drug-likeness (QED) is 0.853. The Hall–Kier alpha value is -2.56. The number of carbonyl (C=O) groups is 2. The Balaban J connectivity index is 2.13. The van der Waals surface area contributed by atoms with Gasteiger partial charge in [0.15, 0.2) is 0 Å². The van der Waals surface area contributed by atoms with Crippen LogP contribution in [0.15, 0.2) is 48.6 Å². The van der Waals surface area contributed by atoms with Crippen LogP contribution in [-0.2, 0) is 19.1 Å². The van der Waals surface area contributed by atoms with E-state index in [4.69, 9.17) is 9.47 Å². The number of ether oxygens (including phenoxy) is 2. The molecule has 0 saturated carbocycles. The van der Waals surface area contributed by atoms with Crippen LogP contribution in [0.25, 0.3) is 0 Å². The Bertz CT molecular complexity index is 709. The molecule has 132 valence electrons. The summed E-state index contributed by atoms with van der Waals surface area (Å²) in [4.78, 5) is 25.6. The molecular formula is C20H23NO4. The SMILES string of the molecule is CCOC(=O)C1c2ccccc2NC2C=CC=CC2C1C(=O)OCC. The number of allylic oxidation sites excluding steroid dienone is 2. The van der Waals surface area contributed by atoms with Crippen molar-refractivity contribution in [3.63, 3.8) is 0 Å². The van der Waals surface area contributed by atoms with E-state index in [1.807, 2.05) is 48.6 Å². The van der Waals surface area contributed by atoms with Gasteiger partial charge in [0.1, 0.15) is 0 Å². The van der Waals surface area contributed by atoms with Gasteiger partial charge in [0, 0.05) is 11.6 Å². The molecule has 1 aromatic rings. The molecule has 0 amide bonds. The molecule has 1 aliphatic heterocycles. The molecule has 1 aromatic carbocycles. The van der Waals surface area contributed by atoms with Crippen molar-refractivity contribution in [2.75, 3.05) is 18.5 Å². The summed E-state index contributed by atoms with van der Waals surface area (Å²) in [6, 6.07) is 7.50. The number of nitrogens with one attached hydrogen (secondary N) is 1. The number of para-hydroxylation sites is 1. The van der Waals surface area contributed by atoms with E-state index in [9.17, 15) is 9.59 Å². The lowest BCUT2D eigenvalue weighted by Gasteiger charge is -2.31. The zero-order chi connectivity index (χ0) is 17.8. The smallest absolute Gasteiger partial charge is 0.314 e. The van der Waals surface area contributed by atoms with Gasteiger partial charge in [-0.15, -0.1) is 0 Å². The largest absolute Gasteiger partial charge is 0.466 e. The van der Waals surface area contributed by atoms with Gasteiger partial charge in [-0.1, -0.05) is 42.5 Å². The molecule has 1 N–H and O–H groups in total. The van der Waals surface area contributed by atoms with Crippen molar-refractivity contribution in [2.24, 2.45) is 11.8 Å². The van der Waals surface area contributed by atoms with Crippen LogP contribution in [0, 0.1) is 11.8 Å². The van der Waals surface area contributed by atoms with Gasteiger partial charge in [0.25, 0.3) is 0 Å². The molecule has 5 heteroatoms. The molecule has 0 fully saturated rings.